The minimum atomic E-state index is -0.455. The molecule has 0 saturated carbocycles. The first-order chi connectivity index (χ1) is 19.0. The van der Waals surface area contributed by atoms with Gasteiger partial charge in [0.25, 0.3) is 0 Å². The minimum Gasteiger partial charge on any atom is -0.494 e. The minimum absolute atomic E-state index is 0.132. The summed E-state index contributed by atoms with van der Waals surface area (Å²) in [4.78, 5) is 28.3. The second-order valence-corrected chi connectivity index (χ2v) is 9.45. The van der Waals surface area contributed by atoms with Crippen LogP contribution < -0.4 is 10.4 Å². The molecule has 200 valence electrons. The maximum Gasteiger partial charge on any atom is 0.336 e. The molecule has 0 bridgehead atoms. The average Bonchev–Trinajstić information content (AvgIpc) is 3.35. The molecule has 0 aliphatic rings. The van der Waals surface area contributed by atoms with E-state index in [0.717, 1.165) is 36.0 Å². The highest BCUT2D eigenvalue weighted by atomic mass is 16.5. The zero-order chi connectivity index (χ0) is 27.4. The van der Waals surface area contributed by atoms with E-state index >= 15 is 0 Å². The third-order valence-electron chi connectivity index (χ3n) is 6.89. The Morgan fingerprint density at radius 1 is 0.974 bits per heavy atom. The number of ketones is 1. The number of furan rings is 1. The lowest BCUT2D eigenvalue weighted by atomic mass is 9.96. The molecule has 39 heavy (non-hydrogen) atoms. The van der Waals surface area contributed by atoms with Crippen molar-refractivity contribution in [3.63, 3.8) is 0 Å². The third kappa shape index (κ3) is 5.50. The first-order valence-electron chi connectivity index (χ1n) is 13.2. The van der Waals surface area contributed by atoms with Crippen LogP contribution in [0.3, 0.4) is 0 Å². The molecule has 0 spiro atoms. The Morgan fingerprint density at radius 3 is 2.56 bits per heavy atom. The molecule has 5 rings (SSSR count). The number of nitrogens with zero attached hydrogens (tertiary/aromatic N) is 1. The molecule has 2 aromatic heterocycles. The summed E-state index contributed by atoms with van der Waals surface area (Å²) >= 11 is 0. The van der Waals surface area contributed by atoms with Crippen LogP contribution in [-0.2, 0) is 0 Å². The van der Waals surface area contributed by atoms with Crippen LogP contribution in [0.1, 0.15) is 35.0 Å². The molecule has 7 heteroatoms. The fraction of sp³-hybridized carbons (Fsp3) is 0.250. The molecule has 1 N–H and O–H groups in total. The summed E-state index contributed by atoms with van der Waals surface area (Å²) in [6, 6.07) is 21.7. The van der Waals surface area contributed by atoms with Gasteiger partial charge in [-0.3, -0.25) is 4.79 Å². The van der Waals surface area contributed by atoms with Crippen LogP contribution in [0.15, 0.2) is 86.4 Å². The first kappa shape index (κ1) is 26.4. The molecule has 0 atom stereocenters. The number of hydrogen-bond donors (Lipinski definition) is 1. The quantitative estimate of drug-likeness (QED) is 0.132. The summed E-state index contributed by atoms with van der Waals surface area (Å²) in [6.07, 6.45) is 0.797. The predicted octanol–water partition coefficient (Wildman–Crippen LogP) is 5.83. The van der Waals surface area contributed by atoms with Gasteiger partial charge in [-0.25, -0.2) is 4.79 Å². The molecular formula is C32H31NO6. The maximum atomic E-state index is 13.9. The summed E-state index contributed by atoms with van der Waals surface area (Å²) < 4.78 is 17.8. The lowest BCUT2D eigenvalue weighted by molar-refractivity contribution is 0.101. The fourth-order valence-corrected chi connectivity index (χ4v) is 4.91. The zero-order valence-corrected chi connectivity index (χ0v) is 22.1. The van der Waals surface area contributed by atoms with Gasteiger partial charge in [-0.2, -0.15) is 0 Å². The van der Waals surface area contributed by atoms with Gasteiger partial charge in [-0.05, 0) is 55.3 Å². The van der Waals surface area contributed by atoms with E-state index in [4.69, 9.17) is 18.7 Å². The number of carbonyl (C=O) groups is 1. The van der Waals surface area contributed by atoms with Crippen molar-refractivity contribution in [2.75, 3.05) is 32.8 Å². The lowest BCUT2D eigenvalue weighted by Crippen LogP contribution is -2.28. The SMILES string of the molecule is CCN(CCO)CCCOc1cccc(C(=O)c2oc3ccc4c(C)cc(=O)oc4c3c2-c2ccccc2)c1. The smallest absolute Gasteiger partial charge is 0.336 e. The van der Waals surface area contributed by atoms with Crippen molar-refractivity contribution in [1.82, 2.24) is 4.90 Å². The third-order valence-corrected chi connectivity index (χ3v) is 6.89. The number of benzene rings is 3. The van der Waals surface area contributed by atoms with Crippen molar-refractivity contribution in [2.24, 2.45) is 0 Å². The van der Waals surface area contributed by atoms with Gasteiger partial charge in [0.1, 0.15) is 16.9 Å². The Kier molecular flexibility index (Phi) is 7.91. The highest BCUT2D eigenvalue weighted by Crippen LogP contribution is 2.40. The van der Waals surface area contributed by atoms with Crippen LogP contribution >= 0.6 is 0 Å². The molecule has 5 aromatic rings. The lowest BCUT2D eigenvalue weighted by Gasteiger charge is -2.18. The van der Waals surface area contributed by atoms with E-state index in [1.165, 1.54) is 6.07 Å². The molecule has 0 aliphatic carbocycles. The second-order valence-electron chi connectivity index (χ2n) is 9.45. The topological polar surface area (TPSA) is 93.1 Å². The van der Waals surface area contributed by atoms with Gasteiger partial charge in [-0.1, -0.05) is 49.4 Å². The van der Waals surface area contributed by atoms with Gasteiger partial charge in [0.05, 0.1) is 18.6 Å². The Labute approximate surface area is 226 Å². The number of hydrogen-bond acceptors (Lipinski definition) is 7. The van der Waals surface area contributed by atoms with Crippen LogP contribution in [0.25, 0.3) is 33.1 Å². The molecular weight excluding hydrogens is 494 g/mol. The Balaban J connectivity index is 1.52. The summed E-state index contributed by atoms with van der Waals surface area (Å²) in [7, 11) is 0. The van der Waals surface area contributed by atoms with E-state index < -0.39 is 5.63 Å². The van der Waals surface area contributed by atoms with Gasteiger partial charge in [0, 0.05) is 35.7 Å². The molecule has 0 amide bonds. The highest BCUT2D eigenvalue weighted by Gasteiger charge is 2.26. The number of fused-ring (bicyclic) bond motifs is 3. The van der Waals surface area contributed by atoms with Crippen LogP contribution in [0, 0.1) is 6.92 Å². The molecule has 2 heterocycles. The fourth-order valence-electron chi connectivity index (χ4n) is 4.91. The molecule has 0 unspecified atom stereocenters. The summed E-state index contributed by atoms with van der Waals surface area (Å²) in [5, 5.41) is 10.5. The standard InChI is InChI=1S/C32H31NO6/c1-3-33(16-17-34)15-8-18-37-24-12-7-11-23(20-24)30(36)32-28(22-9-5-4-6-10-22)29-26(38-32)14-13-25-21(2)19-27(35)39-31(25)29/h4-7,9-14,19-20,34H,3,8,15-18H2,1-2H3. The van der Waals surface area contributed by atoms with Crippen molar-refractivity contribution >= 4 is 27.7 Å². The number of aliphatic hydroxyl groups excluding tert-OH is 1. The number of likely N-dealkylation sites (N-methyl/N-ethyl adjacent to an activating group) is 1. The number of ether oxygens (including phenoxy) is 1. The zero-order valence-electron chi connectivity index (χ0n) is 22.1. The molecule has 0 aliphatic heterocycles. The molecule has 0 radical (unpaired) electrons. The van der Waals surface area contributed by atoms with E-state index in [1.807, 2.05) is 55.5 Å². The van der Waals surface area contributed by atoms with Gasteiger partial charge in [-0.15, -0.1) is 0 Å². The Morgan fingerprint density at radius 2 is 1.79 bits per heavy atom. The van der Waals surface area contributed by atoms with Crippen molar-refractivity contribution < 1.29 is 23.5 Å². The molecule has 0 fully saturated rings. The summed E-state index contributed by atoms with van der Waals surface area (Å²) in [5.74, 6) is 0.474. The molecule has 7 nitrogen and oxygen atoms in total. The monoisotopic (exact) mass is 525 g/mol. The van der Waals surface area contributed by atoms with E-state index in [0.29, 0.717) is 46.6 Å². The van der Waals surface area contributed by atoms with E-state index in [-0.39, 0.29) is 18.2 Å². The van der Waals surface area contributed by atoms with Crippen molar-refractivity contribution in [2.45, 2.75) is 20.3 Å². The van der Waals surface area contributed by atoms with Gasteiger partial charge in [0.2, 0.25) is 5.78 Å². The second kappa shape index (κ2) is 11.7. The van der Waals surface area contributed by atoms with E-state index in [2.05, 4.69) is 11.8 Å². The first-order valence-corrected chi connectivity index (χ1v) is 13.2. The normalized spacial score (nSPS) is 11.5. The van der Waals surface area contributed by atoms with Gasteiger partial charge in [0.15, 0.2) is 5.76 Å². The number of aryl methyl sites for hydroxylation is 1. The van der Waals surface area contributed by atoms with Crippen LogP contribution in [-0.4, -0.2) is 48.6 Å². The molecule has 0 saturated heterocycles. The largest absolute Gasteiger partial charge is 0.494 e. The van der Waals surface area contributed by atoms with Crippen LogP contribution in [0.4, 0.5) is 0 Å². The Bertz CT molecular complexity index is 1670. The summed E-state index contributed by atoms with van der Waals surface area (Å²) in [6.45, 7) is 6.86. The van der Waals surface area contributed by atoms with Crippen molar-refractivity contribution in [3.8, 4) is 16.9 Å². The molecule has 3 aromatic carbocycles. The number of aliphatic hydroxyl groups is 1. The highest BCUT2D eigenvalue weighted by molar-refractivity contribution is 6.20. The van der Waals surface area contributed by atoms with Crippen molar-refractivity contribution in [3.05, 3.63) is 100 Å². The maximum absolute atomic E-state index is 13.9. The predicted molar refractivity (Wildman–Crippen MR) is 152 cm³/mol. The Hall–Kier alpha value is -4.20. The van der Waals surface area contributed by atoms with Crippen LogP contribution in [0.5, 0.6) is 5.75 Å². The number of rotatable bonds is 11. The number of carbonyl (C=O) groups excluding carboxylic acids is 1. The average molecular weight is 526 g/mol. The van der Waals surface area contributed by atoms with Gasteiger partial charge >= 0.3 is 5.63 Å². The van der Waals surface area contributed by atoms with Crippen molar-refractivity contribution in [1.29, 1.82) is 0 Å². The summed E-state index contributed by atoms with van der Waals surface area (Å²) in [5.41, 5.74) is 3.01. The van der Waals surface area contributed by atoms with E-state index in [1.54, 1.807) is 18.2 Å². The van der Waals surface area contributed by atoms with Crippen LogP contribution in [0.2, 0.25) is 0 Å². The van der Waals surface area contributed by atoms with Gasteiger partial charge < -0.3 is 23.6 Å². The van der Waals surface area contributed by atoms with E-state index in [9.17, 15) is 9.59 Å².